The first-order valence-corrected chi connectivity index (χ1v) is 10.4. The molecular formula is C15H22ClFN6OS2. The molecule has 0 saturated heterocycles. The van der Waals surface area contributed by atoms with Crippen molar-refractivity contribution in [2.45, 2.75) is 30.7 Å². The van der Waals surface area contributed by atoms with Crippen LogP contribution in [0.4, 0.5) is 15.2 Å². The summed E-state index contributed by atoms with van der Waals surface area (Å²) in [7, 11) is 0. The minimum atomic E-state index is -1.81. The largest absolute Gasteiger partial charge is 0.588 e. The molecule has 5 N–H and O–H groups in total. The Bertz CT molecular complexity index is 678. The molecular weight excluding hydrogens is 399 g/mol. The molecule has 2 rings (SSSR count). The molecule has 0 saturated carbocycles. The van der Waals surface area contributed by atoms with E-state index < -0.39 is 17.2 Å². The van der Waals surface area contributed by atoms with Gasteiger partial charge < -0.3 is 20.9 Å². The van der Waals surface area contributed by atoms with E-state index in [4.69, 9.17) is 17.3 Å². The molecule has 0 amide bonds. The zero-order valence-electron chi connectivity index (χ0n) is 14.3. The van der Waals surface area contributed by atoms with Crippen LogP contribution in [-0.2, 0) is 11.4 Å². The summed E-state index contributed by atoms with van der Waals surface area (Å²) in [6.45, 7) is 4.17. The van der Waals surface area contributed by atoms with Crippen molar-refractivity contribution in [1.29, 1.82) is 0 Å². The van der Waals surface area contributed by atoms with Gasteiger partial charge in [0.1, 0.15) is 17.7 Å². The number of nitrogens with zero attached hydrogens (tertiary/aromatic N) is 2. The minimum Gasteiger partial charge on any atom is -0.588 e. The molecule has 0 bridgehead atoms. The van der Waals surface area contributed by atoms with Gasteiger partial charge in [0.2, 0.25) is 10.0 Å². The Hall–Kier alpha value is -1.17. The number of anilines is 2. The summed E-state index contributed by atoms with van der Waals surface area (Å²) < 4.78 is 32.9. The molecule has 0 fully saturated rings. The second kappa shape index (κ2) is 10.9. The maximum atomic E-state index is 14.3. The van der Waals surface area contributed by atoms with Crippen LogP contribution in [0.5, 0.6) is 0 Å². The van der Waals surface area contributed by atoms with E-state index in [-0.39, 0.29) is 4.90 Å². The number of nitrogens with two attached hydrogens (primary N) is 1. The average Bonchev–Trinajstić information content (AvgIpc) is 3.12. The third kappa shape index (κ3) is 6.53. The number of benzene rings is 1. The highest BCUT2D eigenvalue weighted by Gasteiger charge is 2.21. The van der Waals surface area contributed by atoms with Crippen molar-refractivity contribution < 1.29 is 8.94 Å². The molecule has 144 valence electrons. The minimum absolute atomic E-state index is 0.0317. The van der Waals surface area contributed by atoms with Gasteiger partial charge in [-0.3, -0.25) is 0 Å². The van der Waals surface area contributed by atoms with Crippen LogP contribution in [0.2, 0.25) is 5.02 Å². The monoisotopic (exact) mass is 420 g/mol. The molecule has 11 heteroatoms. The van der Waals surface area contributed by atoms with Crippen LogP contribution in [0.15, 0.2) is 23.4 Å². The molecule has 7 nitrogen and oxygen atoms in total. The predicted octanol–water partition coefficient (Wildman–Crippen LogP) is 2.59. The topological polar surface area (TPSA) is 111 Å². The van der Waals surface area contributed by atoms with E-state index in [1.807, 2.05) is 6.92 Å². The van der Waals surface area contributed by atoms with E-state index in [1.54, 1.807) is 0 Å². The van der Waals surface area contributed by atoms with Crippen molar-refractivity contribution in [3.63, 3.8) is 0 Å². The molecule has 2 atom stereocenters. The number of rotatable bonds is 11. The van der Waals surface area contributed by atoms with E-state index in [9.17, 15) is 8.94 Å². The molecule has 0 aliphatic rings. The lowest BCUT2D eigenvalue weighted by Crippen LogP contribution is -2.33. The molecule has 1 aromatic heterocycles. The number of hydrogen-bond donors (Lipinski definition) is 4. The first kappa shape index (κ1) is 21.1. The van der Waals surface area contributed by atoms with Gasteiger partial charge in [-0.2, -0.15) is 9.10 Å². The van der Waals surface area contributed by atoms with E-state index in [2.05, 4.69) is 24.7 Å². The molecule has 0 aliphatic heterocycles. The van der Waals surface area contributed by atoms with Gasteiger partial charge in [-0.1, -0.05) is 11.6 Å². The summed E-state index contributed by atoms with van der Waals surface area (Å²) in [5, 5.41) is 7.06. The lowest BCUT2D eigenvalue weighted by molar-refractivity contribution is 0.537. The number of hydrogen-bond acceptors (Lipinski definition) is 8. The number of unbranched alkanes of at least 4 members (excludes halogenated alkanes) is 1. The van der Waals surface area contributed by atoms with Crippen molar-refractivity contribution >= 4 is 45.3 Å². The quantitative estimate of drug-likeness (QED) is 0.326. The molecule has 1 unspecified atom stereocenters. The van der Waals surface area contributed by atoms with E-state index in [0.717, 1.165) is 30.9 Å². The normalized spacial score (nSPS) is 13.4. The molecule has 1 aromatic carbocycles. The highest BCUT2D eigenvalue weighted by molar-refractivity contribution is 7.93. The van der Waals surface area contributed by atoms with E-state index in [0.29, 0.717) is 35.0 Å². The van der Waals surface area contributed by atoms with Crippen LogP contribution in [0.25, 0.3) is 0 Å². The van der Waals surface area contributed by atoms with Gasteiger partial charge in [-0.25, -0.2) is 9.37 Å². The molecule has 26 heavy (non-hydrogen) atoms. The lowest BCUT2D eigenvalue weighted by Gasteiger charge is -2.14. The Morgan fingerprint density at radius 1 is 1.38 bits per heavy atom. The second-order valence-corrected chi connectivity index (χ2v) is 7.97. The van der Waals surface area contributed by atoms with Gasteiger partial charge >= 0.3 is 0 Å². The van der Waals surface area contributed by atoms with Gasteiger partial charge in [0.15, 0.2) is 5.82 Å². The fourth-order valence-electron chi connectivity index (χ4n) is 2.06. The van der Waals surface area contributed by atoms with Crippen LogP contribution < -0.4 is 21.1 Å². The van der Waals surface area contributed by atoms with E-state index in [1.165, 1.54) is 18.5 Å². The number of nitrogens with one attached hydrogen (secondary N) is 3. The van der Waals surface area contributed by atoms with Crippen molar-refractivity contribution in [1.82, 2.24) is 14.7 Å². The maximum absolute atomic E-state index is 14.3. The SMILES string of the molecule is C[C@@H](CN)NCCCCNc1cc(F)c([S+]([O-])Nc2ncns2)cc1Cl. The smallest absolute Gasteiger partial charge is 0.245 e. The van der Waals surface area contributed by atoms with Gasteiger partial charge in [0, 0.05) is 42.8 Å². The Morgan fingerprint density at radius 2 is 2.15 bits per heavy atom. The van der Waals surface area contributed by atoms with Gasteiger partial charge in [0.05, 0.1) is 10.7 Å². The number of aromatic nitrogens is 2. The van der Waals surface area contributed by atoms with E-state index >= 15 is 0 Å². The zero-order chi connectivity index (χ0) is 18.9. The third-order valence-electron chi connectivity index (χ3n) is 3.53. The Kier molecular flexibility index (Phi) is 8.82. The van der Waals surface area contributed by atoms with Crippen LogP contribution in [0.1, 0.15) is 19.8 Å². The Morgan fingerprint density at radius 3 is 2.85 bits per heavy atom. The summed E-state index contributed by atoms with van der Waals surface area (Å²) in [6.07, 6.45) is 3.19. The summed E-state index contributed by atoms with van der Waals surface area (Å²) in [4.78, 5) is 3.82. The first-order chi connectivity index (χ1) is 12.5. The Balaban J connectivity index is 1.84. The molecule has 1 heterocycles. The number of halogens is 2. The van der Waals surface area contributed by atoms with Crippen LogP contribution in [-0.4, -0.2) is 39.6 Å². The third-order valence-corrected chi connectivity index (χ3v) is 5.64. The fraction of sp³-hybridized carbons (Fsp3) is 0.467. The summed E-state index contributed by atoms with van der Waals surface area (Å²) in [6, 6.07) is 2.91. The molecule has 2 aromatic rings. The Labute approximate surface area is 164 Å². The highest BCUT2D eigenvalue weighted by atomic mass is 35.5. The van der Waals surface area contributed by atoms with Crippen LogP contribution in [0, 0.1) is 5.82 Å². The summed E-state index contributed by atoms with van der Waals surface area (Å²) >= 11 is 5.41. The van der Waals surface area contributed by atoms with Crippen molar-refractivity contribution in [2.75, 3.05) is 29.7 Å². The standard InChI is InChI=1S/C15H22ClFN6OS2/c1-10(8-18)19-4-2-3-5-20-13-7-12(17)14(6-11(13)16)26(24)23-15-21-9-22-25-15/h6-7,9-10,19-20H,2-5,8,18H2,1H3,(H,21,22,23)/t10-,26?/m0/s1. The molecule has 0 radical (unpaired) electrons. The highest BCUT2D eigenvalue weighted by Crippen LogP contribution is 2.29. The first-order valence-electron chi connectivity index (χ1n) is 8.12. The molecule has 0 aliphatic carbocycles. The predicted molar refractivity (Wildman–Crippen MR) is 106 cm³/mol. The average molecular weight is 421 g/mol. The van der Waals surface area contributed by atoms with Crippen LogP contribution >= 0.6 is 23.1 Å². The van der Waals surface area contributed by atoms with Crippen molar-refractivity contribution in [3.05, 3.63) is 29.3 Å². The summed E-state index contributed by atoms with van der Waals surface area (Å²) in [5.41, 5.74) is 6.01. The lowest BCUT2D eigenvalue weighted by atomic mass is 10.2. The van der Waals surface area contributed by atoms with Gasteiger partial charge in [-0.05, 0) is 26.3 Å². The van der Waals surface area contributed by atoms with Gasteiger partial charge in [0.25, 0.3) is 0 Å². The fourth-order valence-corrected chi connectivity index (χ4v) is 3.81. The van der Waals surface area contributed by atoms with Gasteiger partial charge in [-0.15, -0.1) is 0 Å². The summed E-state index contributed by atoms with van der Waals surface area (Å²) in [5.74, 6) is -0.606. The van der Waals surface area contributed by atoms with Crippen molar-refractivity contribution in [2.24, 2.45) is 5.73 Å². The molecule has 0 spiro atoms. The van der Waals surface area contributed by atoms with Crippen molar-refractivity contribution in [3.8, 4) is 0 Å². The zero-order valence-corrected chi connectivity index (χ0v) is 16.7. The maximum Gasteiger partial charge on any atom is 0.245 e. The van der Waals surface area contributed by atoms with Crippen LogP contribution in [0.3, 0.4) is 0 Å². The second-order valence-electron chi connectivity index (χ2n) is 5.60.